The summed E-state index contributed by atoms with van der Waals surface area (Å²) < 4.78 is 85.3. The molecule has 4 rings (SSSR count). The van der Waals surface area contributed by atoms with Crippen LogP contribution in [-0.4, -0.2) is 15.7 Å². The van der Waals surface area contributed by atoms with Gasteiger partial charge in [0.25, 0.3) is 0 Å². The van der Waals surface area contributed by atoms with Crippen molar-refractivity contribution < 1.29 is 26.3 Å². The monoisotopic (exact) mass is 527 g/mol. The third-order valence-corrected chi connectivity index (χ3v) is 6.04. The molecule has 0 unspecified atom stereocenters. The zero-order chi connectivity index (χ0) is 26.7. The van der Waals surface area contributed by atoms with E-state index in [9.17, 15) is 26.3 Å². The third-order valence-electron chi connectivity index (χ3n) is 5.32. The number of nitrogens with zero attached hydrogens (tertiary/aromatic N) is 3. The van der Waals surface area contributed by atoms with E-state index >= 15 is 0 Å². The molecule has 1 heterocycles. The lowest BCUT2D eigenvalue weighted by atomic mass is 9.99. The molecular weight excluding hydrogens is 512 g/mol. The fourth-order valence-corrected chi connectivity index (χ4v) is 4.03. The number of hydrogen-bond acceptors (Lipinski definition) is 4. The maximum atomic E-state index is 14.9. The maximum absolute atomic E-state index is 14.9. The highest BCUT2D eigenvalue weighted by Crippen LogP contribution is 2.33. The van der Waals surface area contributed by atoms with Crippen LogP contribution < -0.4 is 0 Å². The van der Waals surface area contributed by atoms with Gasteiger partial charge in [-0.15, -0.1) is 0 Å². The van der Waals surface area contributed by atoms with Gasteiger partial charge >= 0.3 is 0 Å². The molecule has 4 aromatic rings. The van der Waals surface area contributed by atoms with Gasteiger partial charge < -0.3 is 0 Å². The van der Waals surface area contributed by atoms with Crippen LogP contribution in [0.25, 0.3) is 39.5 Å². The Balaban J connectivity index is 1.61. The summed E-state index contributed by atoms with van der Waals surface area (Å²) in [6.45, 7) is 1.65. The topological polar surface area (TPSA) is 49.6 Å². The van der Waals surface area contributed by atoms with Gasteiger partial charge in [0.2, 0.25) is 0 Å². The predicted molar refractivity (Wildman–Crippen MR) is 130 cm³/mol. The fourth-order valence-electron chi connectivity index (χ4n) is 3.53. The summed E-state index contributed by atoms with van der Waals surface area (Å²) in [5.41, 5.74) is -0.517. The molecule has 0 atom stereocenters. The van der Waals surface area contributed by atoms with E-state index in [1.54, 1.807) is 6.92 Å². The minimum atomic E-state index is -1.17. The molecule has 3 nitrogen and oxygen atoms in total. The highest BCUT2D eigenvalue weighted by atomic mass is 32.2. The van der Waals surface area contributed by atoms with Gasteiger partial charge in [-0.05, 0) is 35.6 Å². The second kappa shape index (κ2) is 10.9. The lowest BCUT2D eigenvalue weighted by Gasteiger charge is -2.09. The molecule has 10 heteroatoms. The smallest absolute Gasteiger partial charge is 0.192 e. The van der Waals surface area contributed by atoms with Crippen LogP contribution in [0.5, 0.6) is 0 Å². The predicted octanol–water partition coefficient (Wildman–Crippen LogP) is 8.22. The van der Waals surface area contributed by atoms with Crippen molar-refractivity contribution >= 4 is 17.6 Å². The summed E-state index contributed by atoms with van der Waals surface area (Å²) in [6, 6.07) is 10.4. The van der Waals surface area contributed by atoms with E-state index < -0.39 is 39.8 Å². The number of thioether (sulfide) groups is 1. The van der Waals surface area contributed by atoms with E-state index in [1.807, 2.05) is 0 Å². The van der Waals surface area contributed by atoms with Crippen molar-refractivity contribution in [2.45, 2.75) is 6.92 Å². The van der Waals surface area contributed by atoms with Crippen LogP contribution in [0.4, 0.5) is 26.3 Å². The highest BCUT2D eigenvalue weighted by Gasteiger charge is 2.16. The van der Waals surface area contributed by atoms with E-state index in [0.29, 0.717) is 17.5 Å². The number of benzene rings is 3. The van der Waals surface area contributed by atoms with E-state index in [0.717, 1.165) is 24.3 Å². The van der Waals surface area contributed by atoms with Crippen LogP contribution >= 0.6 is 11.8 Å². The van der Waals surface area contributed by atoms with Gasteiger partial charge in [-0.3, -0.25) is 0 Å². The first-order chi connectivity index (χ1) is 17.7. The lowest BCUT2D eigenvalue weighted by molar-refractivity contribution is 0.577. The normalized spacial score (nSPS) is 11.7. The van der Waals surface area contributed by atoms with Gasteiger partial charge in [-0.1, -0.05) is 43.0 Å². The zero-order valence-electron chi connectivity index (χ0n) is 19.0. The molecule has 0 radical (unpaired) electrons. The Morgan fingerprint density at radius 3 is 1.92 bits per heavy atom. The van der Waals surface area contributed by atoms with Crippen LogP contribution in [0.1, 0.15) is 18.1 Å². The highest BCUT2D eigenvalue weighted by molar-refractivity contribution is 8.03. The van der Waals surface area contributed by atoms with Crippen molar-refractivity contribution in [3.05, 3.63) is 100 Å². The van der Waals surface area contributed by atoms with Crippen LogP contribution in [0.2, 0.25) is 0 Å². The Morgan fingerprint density at radius 1 is 0.784 bits per heavy atom. The minimum absolute atomic E-state index is 0.00487. The summed E-state index contributed by atoms with van der Waals surface area (Å²) >= 11 is 0.655. The first-order valence-corrected chi connectivity index (χ1v) is 11.7. The van der Waals surface area contributed by atoms with Crippen molar-refractivity contribution in [1.29, 1.82) is 5.26 Å². The second-order valence-electron chi connectivity index (χ2n) is 7.63. The standard InChI is InChI=1S/C27H15F6N3S/c1-2-37-26(33)25(32)15-4-6-18(22(29)8-15)14-3-5-19(21(28)7-14)17-12-35-27(36-13-17)16-9-23(30)20(11-34)24(31)10-16/h3-10,12-13H,2H2,1H3/b26-25-. The molecule has 0 spiro atoms. The molecule has 0 fully saturated rings. The zero-order valence-corrected chi connectivity index (χ0v) is 19.8. The summed E-state index contributed by atoms with van der Waals surface area (Å²) in [5, 5.41) is 7.73. The van der Waals surface area contributed by atoms with E-state index in [4.69, 9.17) is 5.26 Å². The van der Waals surface area contributed by atoms with Crippen molar-refractivity contribution in [1.82, 2.24) is 9.97 Å². The molecule has 1 aromatic heterocycles. The Bertz CT molecular complexity index is 1540. The van der Waals surface area contributed by atoms with Gasteiger partial charge in [0.05, 0.1) is 0 Å². The van der Waals surface area contributed by atoms with Gasteiger partial charge in [0.15, 0.2) is 16.8 Å². The van der Waals surface area contributed by atoms with Gasteiger partial charge in [0, 0.05) is 40.2 Å². The molecule has 0 amide bonds. The SMILES string of the molecule is CCS/C(F)=C(\F)c1ccc(-c2ccc(-c3cnc(-c4cc(F)c(C#N)c(F)c4)nc3)c(F)c2)c(F)c1. The van der Waals surface area contributed by atoms with Crippen molar-refractivity contribution in [3.63, 3.8) is 0 Å². The van der Waals surface area contributed by atoms with Crippen molar-refractivity contribution in [2.75, 3.05) is 5.75 Å². The van der Waals surface area contributed by atoms with Gasteiger partial charge in [0.1, 0.15) is 34.9 Å². The first kappa shape index (κ1) is 26.0. The number of rotatable bonds is 6. The summed E-state index contributed by atoms with van der Waals surface area (Å²) in [6.07, 6.45) is 2.50. The molecule has 0 aliphatic heterocycles. The molecule has 186 valence electrons. The Hall–Kier alpha value is -4.10. The summed E-state index contributed by atoms with van der Waals surface area (Å²) in [4.78, 5) is 8.05. The van der Waals surface area contributed by atoms with Crippen LogP contribution in [0.15, 0.2) is 66.1 Å². The average Bonchev–Trinajstić information content (AvgIpc) is 2.88. The molecule has 0 saturated carbocycles. The average molecular weight is 527 g/mol. The second-order valence-corrected chi connectivity index (χ2v) is 8.86. The van der Waals surface area contributed by atoms with E-state index in [-0.39, 0.29) is 39.2 Å². The lowest BCUT2D eigenvalue weighted by Crippen LogP contribution is -1.96. The molecule has 0 N–H and O–H groups in total. The Labute approximate surface area is 212 Å². The quantitative estimate of drug-likeness (QED) is 0.237. The molecule has 3 aromatic carbocycles. The number of nitriles is 1. The van der Waals surface area contributed by atoms with E-state index in [2.05, 4.69) is 9.97 Å². The summed E-state index contributed by atoms with van der Waals surface area (Å²) in [5.74, 6) is -4.61. The van der Waals surface area contributed by atoms with Crippen LogP contribution in [-0.2, 0) is 0 Å². The number of aromatic nitrogens is 2. The van der Waals surface area contributed by atoms with Gasteiger partial charge in [-0.2, -0.15) is 9.65 Å². The molecule has 37 heavy (non-hydrogen) atoms. The third kappa shape index (κ3) is 5.37. The maximum Gasteiger partial charge on any atom is 0.192 e. The Morgan fingerprint density at radius 2 is 1.35 bits per heavy atom. The first-order valence-electron chi connectivity index (χ1n) is 10.7. The minimum Gasteiger partial charge on any atom is -0.236 e. The van der Waals surface area contributed by atoms with Crippen LogP contribution in [0.3, 0.4) is 0 Å². The molecule has 0 aliphatic rings. The largest absolute Gasteiger partial charge is 0.236 e. The number of halogens is 6. The number of hydrogen-bond donors (Lipinski definition) is 0. The Kier molecular flexibility index (Phi) is 7.64. The molecule has 0 aliphatic carbocycles. The molecular formula is C27H15F6N3S. The van der Waals surface area contributed by atoms with Crippen LogP contribution in [0, 0.1) is 34.6 Å². The van der Waals surface area contributed by atoms with Gasteiger partial charge in [-0.25, -0.2) is 31.9 Å². The molecule has 0 bridgehead atoms. The van der Waals surface area contributed by atoms with Crippen molar-refractivity contribution in [2.24, 2.45) is 0 Å². The fraction of sp³-hybridized carbons (Fsp3) is 0.0741. The molecule has 0 saturated heterocycles. The van der Waals surface area contributed by atoms with E-state index in [1.165, 1.54) is 42.7 Å². The van der Waals surface area contributed by atoms with Crippen molar-refractivity contribution in [3.8, 4) is 39.7 Å². The summed E-state index contributed by atoms with van der Waals surface area (Å²) in [7, 11) is 0.